The van der Waals surface area contributed by atoms with E-state index in [0.717, 1.165) is 62.8 Å². The maximum atomic E-state index is 13.3. The molecule has 3 aromatic rings. The number of halogens is 3. The average molecular weight is 768 g/mol. The fourth-order valence-electron chi connectivity index (χ4n) is 6.79. The molecule has 0 radical (unpaired) electrons. The van der Waals surface area contributed by atoms with Gasteiger partial charge in [-0.15, -0.1) is 5.10 Å². The molecule has 1 unspecified atom stereocenters. The number of ether oxygens (including phenoxy) is 1. The minimum atomic E-state index is -4.42. The number of hydrogen-bond donors (Lipinski definition) is 2. The highest BCUT2D eigenvalue weighted by Crippen LogP contribution is 2.30. The monoisotopic (exact) mass is 767 g/mol. The van der Waals surface area contributed by atoms with Crippen molar-refractivity contribution in [2.75, 3.05) is 46.8 Å². The molecule has 2 aromatic heterocycles. The summed E-state index contributed by atoms with van der Waals surface area (Å²) in [5.41, 5.74) is 1.26. The molecule has 16 heteroatoms. The number of pyridine rings is 1. The average Bonchev–Trinajstić information content (AvgIpc) is 3.90. The summed E-state index contributed by atoms with van der Waals surface area (Å²) in [7, 11) is 3.83. The molecule has 4 heterocycles. The Balaban J connectivity index is 1.04. The summed E-state index contributed by atoms with van der Waals surface area (Å²) in [6.07, 6.45) is 9.58. The number of carbonyl (C=O) groups excluding carboxylic acids is 3. The third-order valence-electron chi connectivity index (χ3n) is 10.2. The number of likely N-dealkylation sites (N-methyl/N-ethyl adjacent to an activating group) is 1. The Bertz CT molecular complexity index is 1720. The van der Waals surface area contributed by atoms with Gasteiger partial charge in [0.25, 0.3) is 0 Å². The summed E-state index contributed by atoms with van der Waals surface area (Å²) in [5.74, 6) is -0.0308. The van der Waals surface area contributed by atoms with Crippen molar-refractivity contribution in [3.63, 3.8) is 0 Å². The smallest absolute Gasteiger partial charge is 0.369 e. The molecule has 13 nitrogen and oxygen atoms in total. The Morgan fingerprint density at radius 1 is 1.02 bits per heavy atom. The molecule has 2 N–H and O–H groups in total. The molecular formula is C39H52F3N9O4. The number of rotatable bonds is 19. The summed E-state index contributed by atoms with van der Waals surface area (Å²) in [4.78, 5) is 47.1. The topological polar surface area (TPSA) is 138 Å². The highest BCUT2D eigenvalue weighted by molar-refractivity contribution is 5.88. The van der Waals surface area contributed by atoms with Crippen molar-refractivity contribution in [3.8, 4) is 11.3 Å². The molecule has 4 amide bonds. The van der Waals surface area contributed by atoms with Gasteiger partial charge in [0.05, 0.1) is 36.6 Å². The Kier molecular flexibility index (Phi) is 14.8. The first kappa shape index (κ1) is 41.3. The number of likely N-dealkylation sites (tertiary alicyclic amines) is 1. The van der Waals surface area contributed by atoms with E-state index in [1.54, 1.807) is 45.2 Å². The van der Waals surface area contributed by atoms with Gasteiger partial charge in [-0.1, -0.05) is 36.3 Å². The van der Waals surface area contributed by atoms with Gasteiger partial charge >= 0.3 is 12.2 Å². The van der Waals surface area contributed by atoms with E-state index < -0.39 is 17.8 Å². The van der Waals surface area contributed by atoms with E-state index >= 15 is 0 Å². The molecule has 2 fully saturated rings. The zero-order valence-corrected chi connectivity index (χ0v) is 31.8. The molecule has 1 aromatic carbocycles. The molecule has 0 bridgehead atoms. The number of carbonyl (C=O) groups is 3. The van der Waals surface area contributed by atoms with E-state index in [4.69, 9.17) is 4.74 Å². The number of alkyl halides is 3. The minimum absolute atomic E-state index is 0.0665. The first-order valence-corrected chi connectivity index (χ1v) is 18.9. The molecule has 0 saturated carbocycles. The molecule has 4 atom stereocenters. The molecule has 2 aliphatic rings. The summed E-state index contributed by atoms with van der Waals surface area (Å²) in [5, 5.41) is 14.4. The van der Waals surface area contributed by atoms with Gasteiger partial charge in [0.1, 0.15) is 5.69 Å². The minimum Gasteiger partial charge on any atom is -0.369 e. The van der Waals surface area contributed by atoms with Crippen LogP contribution in [0, 0.1) is 0 Å². The highest BCUT2D eigenvalue weighted by Gasteiger charge is 2.38. The van der Waals surface area contributed by atoms with Gasteiger partial charge in [-0.2, -0.15) is 13.2 Å². The molecule has 2 saturated heterocycles. The number of unbranched alkanes of at least 4 members (excludes halogenated alkanes) is 3. The SMILES string of the molecule is C[C@@H]1NC(=O)N[C@@H]1CCCCCC(=O)N(C)CCCCN(C)C/C=C/C(=O)N1CC(n2cc(-c3cccnc3)nn2)[C@H](OCc2ccc(C(F)(F)F)cc2)C1. The molecule has 298 valence electrons. The van der Waals surface area contributed by atoms with Gasteiger partial charge in [0.2, 0.25) is 11.8 Å². The Hall–Kier alpha value is -4.83. The van der Waals surface area contributed by atoms with Crippen molar-refractivity contribution >= 4 is 17.8 Å². The van der Waals surface area contributed by atoms with Crippen molar-refractivity contribution in [3.05, 3.63) is 78.3 Å². The number of hydrogen-bond acceptors (Lipinski definition) is 8. The third kappa shape index (κ3) is 12.3. The molecule has 0 aliphatic carbocycles. The largest absolute Gasteiger partial charge is 0.416 e. The Labute approximate surface area is 320 Å². The second kappa shape index (κ2) is 19.7. The van der Waals surface area contributed by atoms with Crippen molar-refractivity contribution in [1.29, 1.82) is 0 Å². The fraction of sp³-hybridized carbons (Fsp3) is 0.538. The van der Waals surface area contributed by atoms with E-state index in [0.29, 0.717) is 37.3 Å². The number of benzene rings is 1. The van der Waals surface area contributed by atoms with Crippen LogP contribution in [0.4, 0.5) is 18.0 Å². The zero-order chi connectivity index (χ0) is 39.4. The first-order valence-electron chi connectivity index (χ1n) is 18.9. The zero-order valence-electron chi connectivity index (χ0n) is 31.8. The van der Waals surface area contributed by atoms with Crippen LogP contribution in [0.5, 0.6) is 0 Å². The summed E-state index contributed by atoms with van der Waals surface area (Å²) < 4.78 is 47.1. The van der Waals surface area contributed by atoms with Crippen LogP contribution in [0.15, 0.2) is 67.1 Å². The van der Waals surface area contributed by atoms with E-state index in [9.17, 15) is 27.6 Å². The van der Waals surface area contributed by atoms with Crippen LogP contribution in [-0.2, 0) is 27.1 Å². The van der Waals surface area contributed by atoms with Gasteiger partial charge in [-0.3, -0.25) is 14.6 Å². The molecule has 55 heavy (non-hydrogen) atoms. The lowest BCUT2D eigenvalue weighted by Gasteiger charge is -2.19. The Morgan fingerprint density at radius 3 is 2.51 bits per heavy atom. The highest BCUT2D eigenvalue weighted by atomic mass is 19.4. The molecule has 5 rings (SSSR count). The molecule has 0 spiro atoms. The van der Waals surface area contributed by atoms with Crippen molar-refractivity contribution in [2.24, 2.45) is 0 Å². The first-order chi connectivity index (χ1) is 26.4. The predicted octanol–water partition coefficient (Wildman–Crippen LogP) is 5.07. The van der Waals surface area contributed by atoms with Crippen LogP contribution in [0.2, 0.25) is 0 Å². The second-order valence-electron chi connectivity index (χ2n) is 14.5. The predicted molar refractivity (Wildman–Crippen MR) is 200 cm³/mol. The maximum absolute atomic E-state index is 13.3. The number of nitrogens with zero attached hydrogens (tertiary/aromatic N) is 7. The van der Waals surface area contributed by atoms with E-state index in [2.05, 4.69) is 30.8 Å². The lowest BCUT2D eigenvalue weighted by atomic mass is 10.0. The number of aromatic nitrogens is 4. The number of urea groups is 1. The van der Waals surface area contributed by atoms with Crippen LogP contribution in [0.25, 0.3) is 11.3 Å². The quantitative estimate of drug-likeness (QED) is 0.127. The lowest BCUT2D eigenvalue weighted by molar-refractivity contribution is -0.137. The van der Waals surface area contributed by atoms with Crippen LogP contribution in [-0.4, -0.2) is 118 Å². The standard InChI is InChI=1S/C39H52F3N9O4/c1-28-32(45-38(54)44-28)12-5-4-6-13-36(52)49(3)22-8-7-20-48(2)21-10-14-37(53)50-25-34(51-24-33(46-47-51)30-11-9-19-43-23-30)35(26-50)55-27-29-15-17-31(18-16-29)39(40,41)42/h9-11,14-19,23-24,28,32,34-35H,4-8,12-13,20-22,25-27H2,1-3H3,(H2,44,45,54)/b14-10+/t28-,32+,34?,35+/m0/s1. The second-order valence-corrected chi connectivity index (χ2v) is 14.5. The van der Waals surface area contributed by atoms with Gasteiger partial charge in [0, 0.05) is 69.7 Å². The summed E-state index contributed by atoms with van der Waals surface area (Å²) in [6, 6.07) is 8.34. The normalized spacial score (nSPS) is 20.0. The van der Waals surface area contributed by atoms with E-state index in [1.165, 1.54) is 12.1 Å². The van der Waals surface area contributed by atoms with Gasteiger partial charge < -0.3 is 30.1 Å². The van der Waals surface area contributed by atoms with Crippen LogP contribution in [0.3, 0.4) is 0 Å². The molecular weight excluding hydrogens is 715 g/mol. The van der Waals surface area contributed by atoms with Gasteiger partial charge in [0.15, 0.2) is 0 Å². The van der Waals surface area contributed by atoms with Crippen LogP contribution < -0.4 is 10.6 Å². The van der Waals surface area contributed by atoms with E-state index in [-0.39, 0.29) is 49.1 Å². The van der Waals surface area contributed by atoms with Gasteiger partial charge in [-0.05, 0) is 76.0 Å². The fourth-order valence-corrected chi connectivity index (χ4v) is 6.79. The lowest BCUT2D eigenvalue weighted by Crippen LogP contribution is -2.30. The number of nitrogens with one attached hydrogen (secondary N) is 2. The van der Waals surface area contributed by atoms with E-state index in [1.807, 2.05) is 33.2 Å². The van der Waals surface area contributed by atoms with Crippen LogP contribution in [0.1, 0.15) is 69.0 Å². The van der Waals surface area contributed by atoms with Gasteiger partial charge in [-0.25, -0.2) is 9.48 Å². The van der Waals surface area contributed by atoms with Crippen molar-refractivity contribution < 1.29 is 32.3 Å². The van der Waals surface area contributed by atoms with Crippen molar-refractivity contribution in [1.82, 2.24) is 45.3 Å². The molecule has 2 aliphatic heterocycles. The third-order valence-corrected chi connectivity index (χ3v) is 10.2. The summed E-state index contributed by atoms with van der Waals surface area (Å²) >= 11 is 0. The maximum Gasteiger partial charge on any atom is 0.416 e. The Morgan fingerprint density at radius 2 is 1.80 bits per heavy atom. The van der Waals surface area contributed by atoms with Crippen molar-refractivity contribution in [2.45, 2.75) is 88.9 Å². The summed E-state index contributed by atoms with van der Waals surface area (Å²) in [6.45, 7) is 4.72. The van der Waals surface area contributed by atoms with Crippen LogP contribution >= 0.6 is 0 Å². The number of amides is 4.